The predicted molar refractivity (Wildman–Crippen MR) is 121 cm³/mol. The Morgan fingerprint density at radius 1 is 1.19 bits per heavy atom. The number of benzene rings is 1. The molecule has 1 aliphatic heterocycles. The van der Waals surface area contributed by atoms with Crippen LogP contribution in [0.2, 0.25) is 0 Å². The Hall–Kier alpha value is -2.46. The highest BCUT2D eigenvalue weighted by atomic mass is 32.2. The smallest absolute Gasteiger partial charge is 0.263 e. The summed E-state index contributed by atoms with van der Waals surface area (Å²) in [5.41, 5.74) is 0.844. The Morgan fingerprint density at radius 3 is 2.55 bits per heavy atom. The number of thiazole rings is 1. The number of rotatable bonds is 7. The summed E-state index contributed by atoms with van der Waals surface area (Å²) in [6.45, 7) is 5.29. The van der Waals surface area contributed by atoms with Crippen molar-refractivity contribution in [1.29, 1.82) is 0 Å². The summed E-state index contributed by atoms with van der Waals surface area (Å²) in [5, 5.41) is 0. The second-order valence-corrected chi connectivity index (χ2v) is 10.5. The number of ether oxygens (including phenoxy) is 1. The summed E-state index contributed by atoms with van der Waals surface area (Å²) < 4.78 is 32.8. The van der Waals surface area contributed by atoms with Gasteiger partial charge in [-0.05, 0) is 31.0 Å². The van der Waals surface area contributed by atoms with Crippen molar-refractivity contribution in [1.82, 2.24) is 9.47 Å². The van der Waals surface area contributed by atoms with Crippen molar-refractivity contribution in [2.45, 2.75) is 32.2 Å². The largest absolute Gasteiger partial charge is 0.497 e. The molecule has 1 aromatic heterocycles. The minimum absolute atomic E-state index is 0.377. The summed E-state index contributed by atoms with van der Waals surface area (Å²) in [4.78, 5) is 30.9. The zero-order valence-corrected chi connectivity index (χ0v) is 19.2. The highest BCUT2D eigenvalue weighted by Gasteiger charge is 2.25. The highest BCUT2D eigenvalue weighted by Crippen LogP contribution is 2.23. The second-order valence-electron chi connectivity index (χ2n) is 7.45. The molecule has 0 N–H and O–H groups in total. The number of likely N-dealkylation sites (tertiary alicyclic amines) is 1. The predicted octanol–water partition coefficient (Wildman–Crippen LogP) is 2.14. The number of carbonyl (C=O) groups is 2. The van der Waals surface area contributed by atoms with Gasteiger partial charge < -0.3 is 14.2 Å². The van der Waals surface area contributed by atoms with Gasteiger partial charge in [-0.1, -0.05) is 30.3 Å². The maximum absolute atomic E-state index is 12.5. The third-order valence-corrected chi connectivity index (χ3v) is 7.48. The standard InChI is InChI=1S/C21H27N3O5S2/c1-3-10-24-17-9-8-16(29-2)13-18(17)30-21(24)22-19(25)14-31(27,28)15-20(26)23-11-6-4-5-7-12-23/h3,8-9,13H,1,4-7,10-12,14-15H2,2H3. The van der Waals surface area contributed by atoms with E-state index in [9.17, 15) is 18.0 Å². The lowest BCUT2D eigenvalue weighted by Gasteiger charge is -2.19. The fraction of sp³-hybridized carbons (Fsp3) is 0.476. The molecule has 0 radical (unpaired) electrons. The van der Waals surface area contributed by atoms with Crippen molar-refractivity contribution in [2.24, 2.45) is 4.99 Å². The van der Waals surface area contributed by atoms with Crippen LogP contribution in [-0.2, 0) is 26.0 Å². The Morgan fingerprint density at radius 2 is 1.90 bits per heavy atom. The first-order valence-electron chi connectivity index (χ1n) is 10.2. The van der Waals surface area contributed by atoms with Crippen molar-refractivity contribution in [3.8, 4) is 5.75 Å². The van der Waals surface area contributed by atoms with Gasteiger partial charge in [0.15, 0.2) is 14.6 Å². The van der Waals surface area contributed by atoms with Crippen LogP contribution in [-0.4, -0.2) is 61.4 Å². The molecule has 2 heterocycles. The molecule has 2 amide bonds. The van der Waals surface area contributed by atoms with Crippen LogP contribution in [0.1, 0.15) is 25.7 Å². The number of hydrogen-bond acceptors (Lipinski definition) is 6. The number of allylic oxidation sites excluding steroid dienone is 1. The van der Waals surface area contributed by atoms with Crippen LogP contribution >= 0.6 is 11.3 Å². The fourth-order valence-corrected chi connectivity index (χ4v) is 5.74. The average Bonchev–Trinajstić information content (AvgIpc) is 2.88. The summed E-state index contributed by atoms with van der Waals surface area (Å²) in [6.07, 6.45) is 5.51. The molecular formula is C21H27N3O5S2. The molecule has 0 bridgehead atoms. The van der Waals surface area contributed by atoms with Crippen LogP contribution in [0.4, 0.5) is 0 Å². The molecule has 0 spiro atoms. The van der Waals surface area contributed by atoms with Gasteiger partial charge >= 0.3 is 0 Å². The minimum Gasteiger partial charge on any atom is -0.497 e. The van der Waals surface area contributed by atoms with Gasteiger partial charge in [0.25, 0.3) is 5.91 Å². The van der Waals surface area contributed by atoms with E-state index in [2.05, 4.69) is 11.6 Å². The van der Waals surface area contributed by atoms with Gasteiger partial charge in [-0.25, -0.2) is 8.42 Å². The maximum Gasteiger partial charge on any atom is 0.263 e. The lowest BCUT2D eigenvalue weighted by molar-refractivity contribution is -0.128. The maximum atomic E-state index is 12.5. The molecule has 0 saturated carbocycles. The van der Waals surface area contributed by atoms with Crippen molar-refractivity contribution < 1.29 is 22.7 Å². The molecular weight excluding hydrogens is 438 g/mol. The van der Waals surface area contributed by atoms with E-state index in [0.29, 0.717) is 30.2 Å². The first-order chi connectivity index (χ1) is 14.8. The lowest BCUT2D eigenvalue weighted by Crippen LogP contribution is -2.37. The number of carbonyl (C=O) groups excluding carboxylic acids is 2. The van der Waals surface area contributed by atoms with Crippen LogP contribution in [0, 0.1) is 0 Å². The summed E-state index contributed by atoms with van der Waals surface area (Å²) in [5.74, 6) is -2.01. The summed E-state index contributed by atoms with van der Waals surface area (Å²) in [7, 11) is -2.34. The molecule has 1 saturated heterocycles. The van der Waals surface area contributed by atoms with Crippen LogP contribution < -0.4 is 9.54 Å². The van der Waals surface area contributed by atoms with E-state index in [4.69, 9.17) is 4.74 Å². The van der Waals surface area contributed by atoms with Crippen LogP contribution in [0.5, 0.6) is 5.75 Å². The zero-order chi connectivity index (χ0) is 22.4. The average molecular weight is 466 g/mol. The normalized spacial score (nSPS) is 15.6. The quantitative estimate of drug-likeness (QED) is 0.584. The van der Waals surface area contributed by atoms with Gasteiger partial charge in [0, 0.05) is 19.6 Å². The number of fused-ring (bicyclic) bond motifs is 1. The zero-order valence-electron chi connectivity index (χ0n) is 17.6. The molecule has 1 fully saturated rings. The third kappa shape index (κ3) is 6.04. The molecule has 168 valence electrons. The Bertz CT molecular complexity index is 1140. The van der Waals surface area contributed by atoms with Gasteiger partial charge in [-0.15, -0.1) is 6.58 Å². The SMILES string of the molecule is C=CCn1c(=NC(=O)CS(=O)(=O)CC(=O)N2CCCCCC2)sc2cc(OC)ccc21. The molecule has 31 heavy (non-hydrogen) atoms. The van der Waals surface area contributed by atoms with Crippen molar-refractivity contribution in [2.75, 3.05) is 31.7 Å². The number of amides is 2. The van der Waals surface area contributed by atoms with E-state index in [-0.39, 0.29) is 0 Å². The molecule has 3 rings (SSSR count). The highest BCUT2D eigenvalue weighted by molar-refractivity contribution is 7.92. The van der Waals surface area contributed by atoms with Gasteiger partial charge in [-0.3, -0.25) is 9.59 Å². The molecule has 10 heteroatoms. The van der Waals surface area contributed by atoms with E-state index >= 15 is 0 Å². The van der Waals surface area contributed by atoms with Crippen LogP contribution in [0.15, 0.2) is 35.8 Å². The van der Waals surface area contributed by atoms with Gasteiger partial charge in [-0.2, -0.15) is 4.99 Å². The Kier molecular flexibility index (Phi) is 7.66. The number of hydrogen-bond donors (Lipinski definition) is 0. The van der Waals surface area contributed by atoms with Crippen molar-refractivity contribution >= 4 is 43.2 Å². The number of methoxy groups -OCH3 is 1. The summed E-state index contributed by atoms with van der Waals surface area (Å²) in [6, 6.07) is 5.49. The molecule has 0 unspecified atom stereocenters. The van der Waals surface area contributed by atoms with E-state index in [1.807, 2.05) is 12.1 Å². The first-order valence-corrected chi connectivity index (χ1v) is 12.8. The Balaban J connectivity index is 1.79. The van der Waals surface area contributed by atoms with Crippen LogP contribution in [0.3, 0.4) is 0 Å². The number of sulfone groups is 1. The molecule has 8 nitrogen and oxygen atoms in total. The third-order valence-electron chi connectivity index (χ3n) is 5.07. The first kappa shape index (κ1) is 23.2. The van der Waals surface area contributed by atoms with Gasteiger partial charge in [0.1, 0.15) is 17.3 Å². The number of aromatic nitrogens is 1. The topological polar surface area (TPSA) is 98.0 Å². The molecule has 1 aromatic carbocycles. The Labute approximate surface area is 185 Å². The van der Waals surface area contributed by atoms with Crippen LogP contribution in [0.25, 0.3) is 10.2 Å². The molecule has 0 atom stereocenters. The van der Waals surface area contributed by atoms with Crippen molar-refractivity contribution in [3.63, 3.8) is 0 Å². The fourth-order valence-electron chi connectivity index (χ4n) is 3.55. The van der Waals surface area contributed by atoms with E-state index in [1.165, 1.54) is 11.3 Å². The molecule has 1 aliphatic rings. The second kappa shape index (κ2) is 10.2. The van der Waals surface area contributed by atoms with Gasteiger partial charge in [0.05, 0.1) is 17.3 Å². The van der Waals surface area contributed by atoms with Gasteiger partial charge in [0.2, 0.25) is 5.91 Å². The molecule has 0 aliphatic carbocycles. The lowest BCUT2D eigenvalue weighted by atomic mass is 10.2. The molecule has 2 aromatic rings. The van der Waals surface area contributed by atoms with Crippen molar-refractivity contribution in [3.05, 3.63) is 35.7 Å². The summed E-state index contributed by atoms with van der Waals surface area (Å²) >= 11 is 1.26. The van der Waals surface area contributed by atoms with E-state index in [0.717, 1.165) is 35.9 Å². The van der Waals surface area contributed by atoms with E-state index in [1.54, 1.807) is 28.7 Å². The van der Waals surface area contributed by atoms with E-state index < -0.39 is 33.2 Å². The number of nitrogens with zero attached hydrogens (tertiary/aromatic N) is 3. The monoisotopic (exact) mass is 465 g/mol. The minimum atomic E-state index is -3.91.